The van der Waals surface area contributed by atoms with Crippen LogP contribution in [0.2, 0.25) is 0 Å². The first-order valence-corrected chi connectivity index (χ1v) is 16.7. The van der Waals surface area contributed by atoms with Gasteiger partial charge in [0, 0.05) is 24.8 Å². The molecule has 7 nitrogen and oxygen atoms in total. The Morgan fingerprint density at radius 1 is 0.795 bits per heavy atom. The molecule has 0 fully saturated rings. The Labute approximate surface area is 261 Å². The van der Waals surface area contributed by atoms with E-state index in [0.29, 0.717) is 35.8 Å². The van der Waals surface area contributed by atoms with Crippen LogP contribution in [0, 0.1) is 0 Å². The molecule has 1 unspecified atom stereocenters. The van der Waals surface area contributed by atoms with Crippen molar-refractivity contribution in [3.05, 3.63) is 143 Å². The Kier molecular flexibility index (Phi) is 9.09. The van der Waals surface area contributed by atoms with E-state index < -0.39 is 16.1 Å². The summed E-state index contributed by atoms with van der Waals surface area (Å²) in [6, 6.07) is 36.8. The van der Waals surface area contributed by atoms with Gasteiger partial charge in [-0.25, -0.2) is 4.98 Å². The molecule has 0 radical (unpaired) electrons. The zero-order valence-corrected chi connectivity index (χ0v) is 25.6. The fourth-order valence-electron chi connectivity index (χ4n) is 4.98. The van der Waals surface area contributed by atoms with Gasteiger partial charge in [-0.1, -0.05) is 84.9 Å². The number of nitrogens with zero attached hydrogens (tertiary/aromatic N) is 2. The van der Waals surface area contributed by atoms with E-state index in [1.165, 1.54) is 11.3 Å². The second-order valence-corrected chi connectivity index (χ2v) is 13.2. The molecule has 0 amide bonds. The lowest BCUT2D eigenvalue weighted by atomic mass is 10.1. The number of benzene rings is 4. The van der Waals surface area contributed by atoms with E-state index in [0.717, 1.165) is 38.9 Å². The van der Waals surface area contributed by atoms with Crippen molar-refractivity contribution in [1.29, 1.82) is 0 Å². The molecule has 44 heavy (non-hydrogen) atoms. The summed E-state index contributed by atoms with van der Waals surface area (Å²) in [6.45, 7) is 1.06. The molecule has 222 valence electrons. The van der Waals surface area contributed by atoms with Crippen LogP contribution in [0.5, 0.6) is 0 Å². The number of aliphatic hydroxyl groups is 1. The highest BCUT2D eigenvalue weighted by Crippen LogP contribution is 2.36. The molecule has 6 rings (SSSR count). The average Bonchev–Trinajstić information content (AvgIpc) is 3.49. The Morgan fingerprint density at radius 2 is 1.55 bits per heavy atom. The van der Waals surface area contributed by atoms with Gasteiger partial charge >= 0.3 is 0 Å². The lowest BCUT2D eigenvalue weighted by molar-refractivity contribution is 0.170. The van der Waals surface area contributed by atoms with Crippen LogP contribution in [0.25, 0.3) is 21.2 Å². The molecular formula is C35H32N4O3S2. The van der Waals surface area contributed by atoms with E-state index in [1.54, 1.807) is 24.4 Å². The van der Waals surface area contributed by atoms with Gasteiger partial charge < -0.3 is 10.4 Å². The molecule has 1 atom stereocenters. The van der Waals surface area contributed by atoms with Gasteiger partial charge in [-0.15, -0.1) is 11.3 Å². The van der Waals surface area contributed by atoms with Crippen LogP contribution in [-0.4, -0.2) is 36.6 Å². The van der Waals surface area contributed by atoms with Gasteiger partial charge in [0.1, 0.15) is 6.10 Å². The van der Waals surface area contributed by atoms with Crippen molar-refractivity contribution in [2.75, 3.05) is 17.8 Å². The van der Waals surface area contributed by atoms with E-state index in [9.17, 15) is 13.5 Å². The first kappa shape index (κ1) is 29.7. The average molecular weight is 621 g/mol. The Bertz CT molecular complexity index is 1950. The van der Waals surface area contributed by atoms with Crippen LogP contribution < -0.4 is 10.0 Å². The number of anilines is 1. The fraction of sp³-hybridized carbons (Fsp3) is 0.143. The summed E-state index contributed by atoms with van der Waals surface area (Å²) in [5, 5.41) is 16.4. The monoisotopic (exact) mass is 620 g/mol. The van der Waals surface area contributed by atoms with Gasteiger partial charge in [0.25, 0.3) is 10.0 Å². The third-order valence-corrected chi connectivity index (χ3v) is 9.81. The maximum Gasteiger partial charge on any atom is 0.280 e. The van der Waals surface area contributed by atoms with E-state index in [2.05, 4.69) is 20.0 Å². The molecule has 9 heteroatoms. The molecule has 3 N–H and O–H groups in total. The first-order valence-electron chi connectivity index (χ1n) is 14.4. The van der Waals surface area contributed by atoms with Gasteiger partial charge in [-0.2, -0.15) is 8.42 Å². The maximum atomic E-state index is 13.8. The summed E-state index contributed by atoms with van der Waals surface area (Å²) in [4.78, 5) is 9.46. The van der Waals surface area contributed by atoms with Gasteiger partial charge in [0.2, 0.25) is 0 Å². The summed E-state index contributed by atoms with van der Waals surface area (Å²) in [6.07, 6.45) is 2.26. The summed E-state index contributed by atoms with van der Waals surface area (Å²) in [5.41, 5.74) is 4.03. The largest absolute Gasteiger partial charge is 0.385 e. The number of rotatable bonds is 12. The number of fused-ring (bicyclic) bond motifs is 1. The molecule has 0 saturated heterocycles. The van der Waals surface area contributed by atoms with Crippen molar-refractivity contribution in [2.45, 2.75) is 24.0 Å². The minimum absolute atomic E-state index is 0.0310. The Balaban J connectivity index is 1.17. The van der Waals surface area contributed by atoms with Gasteiger partial charge in [0.05, 0.1) is 15.6 Å². The number of thiazole rings is 1. The molecule has 2 aromatic heterocycles. The van der Waals surface area contributed by atoms with Crippen molar-refractivity contribution in [3.63, 3.8) is 0 Å². The minimum atomic E-state index is -3.98. The third kappa shape index (κ3) is 7.20. The zero-order valence-electron chi connectivity index (χ0n) is 23.9. The van der Waals surface area contributed by atoms with Crippen LogP contribution in [0.1, 0.15) is 27.9 Å². The molecular weight excluding hydrogens is 589 g/mol. The molecule has 6 aromatic rings. The molecule has 0 aliphatic carbocycles. The van der Waals surface area contributed by atoms with E-state index in [1.807, 2.05) is 97.1 Å². The second-order valence-electron chi connectivity index (χ2n) is 10.5. The van der Waals surface area contributed by atoms with E-state index >= 15 is 0 Å². The lowest BCUT2D eigenvalue weighted by Gasteiger charge is -2.12. The number of hydrogen-bond acceptors (Lipinski definition) is 7. The van der Waals surface area contributed by atoms with Gasteiger partial charge in [0.15, 0.2) is 5.03 Å². The number of nitrogens with one attached hydrogen (secondary N) is 2. The number of sulfonamides is 1. The second kappa shape index (κ2) is 13.5. The predicted octanol–water partition coefficient (Wildman–Crippen LogP) is 6.62. The minimum Gasteiger partial charge on any atom is -0.385 e. The van der Waals surface area contributed by atoms with E-state index in [-0.39, 0.29) is 5.03 Å². The number of aromatic nitrogens is 2. The molecule has 4 aromatic carbocycles. The zero-order chi connectivity index (χ0) is 30.4. The molecule has 0 spiro atoms. The van der Waals surface area contributed by atoms with Crippen molar-refractivity contribution >= 4 is 37.8 Å². The van der Waals surface area contributed by atoms with Crippen LogP contribution in [-0.2, 0) is 22.9 Å². The highest BCUT2D eigenvalue weighted by atomic mass is 32.2. The SMILES string of the molecule is O=S(=O)(Nc1ccc(CCNCC(O)c2ccccn2)cc1)c1nc(Cc2ccccc2)sc1-c1ccc2ccccc2c1. The highest BCUT2D eigenvalue weighted by molar-refractivity contribution is 7.93. The number of pyridine rings is 1. The summed E-state index contributed by atoms with van der Waals surface area (Å²) in [7, 11) is -3.98. The van der Waals surface area contributed by atoms with Gasteiger partial charge in [-0.05, 0) is 70.8 Å². The topological polar surface area (TPSA) is 104 Å². The first-order chi connectivity index (χ1) is 21.4. The van der Waals surface area contributed by atoms with E-state index in [4.69, 9.17) is 0 Å². The molecule has 0 aliphatic rings. The number of hydrogen-bond donors (Lipinski definition) is 3. The summed E-state index contributed by atoms with van der Waals surface area (Å²) >= 11 is 1.41. The van der Waals surface area contributed by atoms with Crippen LogP contribution in [0.15, 0.2) is 126 Å². The van der Waals surface area contributed by atoms with Crippen molar-refractivity contribution in [1.82, 2.24) is 15.3 Å². The summed E-state index contributed by atoms with van der Waals surface area (Å²) in [5.74, 6) is 0. The maximum absolute atomic E-state index is 13.8. The fourth-order valence-corrected chi connectivity index (χ4v) is 7.62. The predicted molar refractivity (Wildman–Crippen MR) is 177 cm³/mol. The van der Waals surface area contributed by atoms with Crippen LogP contribution in [0.4, 0.5) is 5.69 Å². The smallest absolute Gasteiger partial charge is 0.280 e. The third-order valence-electron chi connectivity index (χ3n) is 7.27. The summed E-state index contributed by atoms with van der Waals surface area (Å²) < 4.78 is 30.3. The van der Waals surface area contributed by atoms with Crippen molar-refractivity contribution < 1.29 is 13.5 Å². The highest BCUT2D eigenvalue weighted by Gasteiger charge is 2.26. The Hall–Kier alpha value is -4.41. The lowest BCUT2D eigenvalue weighted by Crippen LogP contribution is -2.24. The van der Waals surface area contributed by atoms with Crippen LogP contribution in [0.3, 0.4) is 0 Å². The van der Waals surface area contributed by atoms with Crippen molar-refractivity contribution in [3.8, 4) is 10.4 Å². The quantitative estimate of drug-likeness (QED) is 0.133. The molecule has 0 saturated carbocycles. The normalized spacial score (nSPS) is 12.3. The van der Waals surface area contributed by atoms with Crippen molar-refractivity contribution in [2.24, 2.45) is 0 Å². The van der Waals surface area contributed by atoms with Gasteiger partial charge in [-0.3, -0.25) is 9.71 Å². The standard InChI is InChI=1S/C35H32N4O3S2/c40-32(31-12-6-7-20-37-31)24-36-21-19-25-13-17-30(18-14-25)39-44(41,42)35-34(29-16-15-27-10-4-5-11-28(27)23-29)43-33(38-35)22-26-8-2-1-3-9-26/h1-18,20,23,32,36,39-40H,19,21-22,24H2. The number of aliphatic hydroxyl groups excluding tert-OH is 1. The molecule has 0 bridgehead atoms. The molecule has 2 heterocycles. The molecule has 0 aliphatic heterocycles. The van der Waals surface area contributed by atoms with Crippen LogP contribution >= 0.6 is 11.3 Å². The Morgan fingerprint density at radius 3 is 2.32 bits per heavy atom.